The van der Waals surface area contributed by atoms with Crippen LogP contribution in [0.3, 0.4) is 0 Å². The molecule has 5 nitrogen and oxygen atoms in total. The summed E-state index contributed by atoms with van der Waals surface area (Å²) < 4.78 is 10.6. The van der Waals surface area contributed by atoms with Crippen molar-refractivity contribution < 1.29 is 14.3 Å². The van der Waals surface area contributed by atoms with Crippen molar-refractivity contribution in [2.24, 2.45) is 5.10 Å². The highest BCUT2D eigenvalue weighted by Gasteiger charge is 2.16. The smallest absolute Gasteiger partial charge is 0.271 e. The molecule has 0 atom stereocenters. The van der Waals surface area contributed by atoms with E-state index in [0.717, 1.165) is 16.8 Å². The minimum absolute atomic E-state index is 0.177. The van der Waals surface area contributed by atoms with Gasteiger partial charge in [0.05, 0.1) is 0 Å². The molecule has 0 saturated heterocycles. The number of carbonyl (C=O) groups is 1. The van der Waals surface area contributed by atoms with E-state index in [2.05, 4.69) is 34.8 Å². The van der Waals surface area contributed by atoms with E-state index in [1.165, 1.54) is 0 Å². The molecule has 0 aromatic heterocycles. The summed E-state index contributed by atoms with van der Waals surface area (Å²) in [5, 5.41) is 4.43. The van der Waals surface area contributed by atoms with Gasteiger partial charge in [-0.05, 0) is 29.3 Å². The zero-order valence-electron chi connectivity index (χ0n) is 15.3. The lowest BCUT2D eigenvalue weighted by molar-refractivity contribution is 0.0954. The summed E-state index contributed by atoms with van der Waals surface area (Å²) in [5.41, 5.74) is 6.34. The number of hydrazone groups is 1. The van der Waals surface area contributed by atoms with Gasteiger partial charge in [-0.15, -0.1) is 0 Å². The molecule has 4 rings (SSSR count). The van der Waals surface area contributed by atoms with E-state index in [9.17, 15) is 4.79 Å². The lowest BCUT2D eigenvalue weighted by atomic mass is 10.0. The number of hydrogen-bond acceptors (Lipinski definition) is 4. The molecule has 1 aliphatic heterocycles. The van der Waals surface area contributed by atoms with Crippen LogP contribution in [0.1, 0.15) is 21.5 Å². The van der Waals surface area contributed by atoms with E-state index >= 15 is 0 Å². The zero-order chi connectivity index (χ0) is 19.2. The molecule has 0 unspecified atom stereocenters. The number of benzene rings is 3. The molecule has 1 N–H and O–H groups in total. The van der Waals surface area contributed by atoms with Crippen molar-refractivity contribution in [3.63, 3.8) is 0 Å². The molecule has 0 fully saturated rings. The Morgan fingerprint density at radius 1 is 0.821 bits per heavy atom. The van der Waals surface area contributed by atoms with Crippen molar-refractivity contribution in [2.75, 3.05) is 6.79 Å². The second kappa shape index (κ2) is 8.39. The first-order valence-corrected chi connectivity index (χ1v) is 9.11. The number of fused-ring (bicyclic) bond motifs is 1. The SMILES string of the molecule is O=C(NN=C(Cc1ccccc1)Cc1ccccc1)c1ccc2c(c1)OCO2. The Morgan fingerprint density at radius 2 is 1.43 bits per heavy atom. The maximum Gasteiger partial charge on any atom is 0.271 e. The summed E-state index contributed by atoms with van der Waals surface area (Å²) in [6.07, 6.45) is 1.33. The van der Waals surface area contributed by atoms with E-state index in [0.29, 0.717) is 29.9 Å². The predicted octanol–water partition coefficient (Wildman–Crippen LogP) is 3.99. The standard InChI is InChI=1S/C23H20N2O3/c26-23(19-11-12-21-22(15-19)28-16-27-21)25-24-20(13-17-7-3-1-4-8-17)14-18-9-5-2-6-10-18/h1-12,15H,13-14,16H2,(H,25,26). The molecule has 3 aromatic rings. The molecular weight excluding hydrogens is 352 g/mol. The van der Waals surface area contributed by atoms with Crippen LogP contribution in [0, 0.1) is 0 Å². The molecule has 0 saturated carbocycles. The monoisotopic (exact) mass is 372 g/mol. The van der Waals surface area contributed by atoms with Crippen LogP contribution in [-0.4, -0.2) is 18.4 Å². The van der Waals surface area contributed by atoms with Crippen LogP contribution < -0.4 is 14.9 Å². The molecule has 0 aliphatic carbocycles. The first kappa shape index (κ1) is 17.8. The Balaban J connectivity index is 1.51. The molecule has 1 heterocycles. The molecular formula is C23H20N2O3. The normalized spacial score (nSPS) is 11.7. The molecule has 0 bridgehead atoms. The van der Waals surface area contributed by atoms with Crippen LogP contribution in [0.5, 0.6) is 11.5 Å². The average Bonchev–Trinajstić information content (AvgIpc) is 3.21. The van der Waals surface area contributed by atoms with Crippen molar-refractivity contribution in [1.29, 1.82) is 0 Å². The fraction of sp³-hybridized carbons (Fsp3) is 0.130. The van der Waals surface area contributed by atoms with E-state index in [1.807, 2.05) is 36.4 Å². The minimum Gasteiger partial charge on any atom is -0.454 e. The number of nitrogens with one attached hydrogen (secondary N) is 1. The minimum atomic E-state index is -0.281. The maximum atomic E-state index is 12.5. The fourth-order valence-corrected chi connectivity index (χ4v) is 3.04. The van der Waals surface area contributed by atoms with Crippen LogP contribution in [0.2, 0.25) is 0 Å². The number of amides is 1. The number of hydrogen-bond donors (Lipinski definition) is 1. The quantitative estimate of drug-likeness (QED) is 0.526. The largest absolute Gasteiger partial charge is 0.454 e. The molecule has 1 amide bonds. The van der Waals surface area contributed by atoms with Crippen molar-refractivity contribution >= 4 is 11.6 Å². The van der Waals surface area contributed by atoms with Crippen molar-refractivity contribution in [2.45, 2.75) is 12.8 Å². The Bertz CT molecular complexity index is 942. The van der Waals surface area contributed by atoms with Gasteiger partial charge in [0.2, 0.25) is 6.79 Å². The lowest BCUT2D eigenvalue weighted by Gasteiger charge is -2.08. The summed E-state index contributed by atoms with van der Waals surface area (Å²) in [7, 11) is 0. The van der Waals surface area contributed by atoms with Gasteiger partial charge >= 0.3 is 0 Å². The summed E-state index contributed by atoms with van der Waals surface area (Å²) in [6.45, 7) is 0.177. The molecule has 0 spiro atoms. The van der Waals surface area contributed by atoms with E-state index < -0.39 is 0 Å². The first-order valence-electron chi connectivity index (χ1n) is 9.11. The van der Waals surface area contributed by atoms with Crippen molar-refractivity contribution in [3.8, 4) is 11.5 Å². The topological polar surface area (TPSA) is 59.9 Å². The molecule has 3 aromatic carbocycles. The van der Waals surface area contributed by atoms with Gasteiger partial charge in [0.25, 0.3) is 5.91 Å². The third-order valence-electron chi connectivity index (χ3n) is 4.45. The molecule has 1 aliphatic rings. The number of ether oxygens (including phenoxy) is 2. The van der Waals surface area contributed by atoms with Gasteiger partial charge in [0, 0.05) is 24.1 Å². The highest BCUT2D eigenvalue weighted by atomic mass is 16.7. The third kappa shape index (κ3) is 4.38. The van der Waals surface area contributed by atoms with Crippen LogP contribution >= 0.6 is 0 Å². The zero-order valence-corrected chi connectivity index (χ0v) is 15.3. The van der Waals surface area contributed by atoms with Gasteiger partial charge < -0.3 is 9.47 Å². The summed E-state index contributed by atoms with van der Waals surface area (Å²) >= 11 is 0. The maximum absolute atomic E-state index is 12.5. The Hall–Kier alpha value is -3.60. The van der Waals surface area contributed by atoms with Crippen LogP contribution in [0.15, 0.2) is 84.0 Å². The molecule has 5 heteroatoms. The second-order valence-electron chi connectivity index (χ2n) is 6.51. The van der Waals surface area contributed by atoms with Crippen LogP contribution in [0.4, 0.5) is 0 Å². The Kier molecular flexibility index (Phi) is 5.33. The van der Waals surface area contributed by atoms with Gasteiger partial charge in [-0.2, -0.15) is 5.10 Å². The molecule has 28 heavy (non-hydrogen) atoms. The van der Waals surface area contributed by atoms with E-state index in [-0.39, 0.29) is 12.7 Å². The lowest BCUT2D eigenvalue weighted by Crippen LogP contribution is -2.21. The molecule has 140 valence electrons. The Morgan fingerprint density at radius 3 is 2.07 bits per heavy atom. The average molecular weight is 372 g/mol. The number of nitrogens with zero attached hydrogens (tertiary/aromatic N) is 1. The van der Waals surface area contributed by atoms with Crippen molar-refractivity contribution in [1.82, 2.24) is 5.43 Å². The number of rotatable bonds is 6. The summed E-state index contributed by atoms with van der Waals surface area (Å²) in [4.78, 5) is 12.5. The van der Waals surface area contributed by atoms with Crippen LogP contribution in [0.25, 0.3) is 0 Å². The van der Waals surface area contributed by atoms with Gasteiger partial charge in [0.15, 0.2) is 11.5 Å². The van der Waals surface area contributed by atoms with E-state index in [4.69, 9.17) is 9.47 Å². The van der Waals surface area contributed by atoms with Gasteiger partial charge in [-0.1, -0.05) is 60.7 Å². The highest BCUT2D eigenvalue weighted by molar-refractivity contribution is 5.96. The Labute approximate surface area is 163 Å². The fourth-order valence-electron chi connectivity index (χ4n) is 3.04. The van der Waals surface area contributed by atoms with Gasteiger partial charge in [-0.3, -0.25) is 4.79 Å². The van der Waals surface area contributed by atoms with Gasteiger partial charge in [-0.25, -0.2) is 5.43 Å². The molecule has 0 radical (unpaired) electrons. The third-order valence-corrected chi connectivity index (χ3v) is 4.45. The summed E-state index contributed by atoms with van der Waals surface area (Å²) in [6, 6.07) is 25.3. The number of carbonyl (C=O) groups excluding carboxylic acids is 1. The van der Waals surface area contributed by atoms with Crippen molar-refractivity contribution in [3.05, 3.63) is 95.6 Å². The highest BCUT2D eigenvalue weighted by Crippen LogP contribution is 2.32. The van der Waals surface area contributed by atoms with Crippen LogP contribution in [-0.2, 0) is 12.8 Å². The van der Waals surface area contributed by atoms with E-state index in [1.54, 1.807) is 18.2 Å². The predicted molar refractivity (Wildman–Crippen MR) is 108 cm³/mol. The second-order valence-corrected chi connectivity index (χ2v) is 6.51. The first-order chi connectivity index (χ1) is 13.8. The summed E-state index contributed by atoms with van der Waals surface area (Å²) in [5.74, 6) is 0.941. The van der Waals surface area contributed by atoms with Gasteiger partial charge in [0.1, 0.15) is 0 Å².